The van der Waals surface area contributed by atoms with Gasteiger partial charge >= 0.3 is 0 Å². The number of halogens is 2. The Morgan fingerprint density at radius 3 is 2.31 bits per heavy atom. The summed E-state index contributed by atoms with van der Waals surface area (Å²) >= 11 is 0. The fourth-order valence-electron chi connectivity index (χ4n) is 1.80. The molecule has 0 spiro atoms. The molecule has 1 aliphatic carbocycles. The molecule has 0 heterocycles. The summed E-state index contributed by atoms with van der Waals surface area (Å²) < 4.78 is 31.2. The molecule has 2 nitrogen and oxygen atoms in total. The third-order valence-corrected chi connectivity index (χ3v) is 3.01. The molecule has 1 saturated carbocycles. The van der Waals surface area contributed by atoms with E-state index in [-0.39, 0.29) is 11.2 Å². The van der Waals surface area contributed by atoms with E-state index in [1.807, 2.05) is 0 Å². The van der Waals surface area contributed by atoms with Gasteiger partial charge in [0.2, 0.25) is 0 Å². The van der Waals surface area contributed by atoms with Gasteiger partial charge in [-0.25, -0.2) is 8.78 Å². The fraction of sp³-hybridized carbons (Fsp3) is 0.500. The van der Waals surface area contributed by atoms with Crippen molar-refractivity contribution in [2.75, 3.05) is 13.2 Å². The molecule has 0 unspecified atom stereocenters. The van der Waals surface area contributed by atoms with Crippen LogP contribution in [-0.2, 0) is 0 Å². The monoisotopic (exact) mass is 227 g/mol. The first kappa shape index (κ1) is 11.3. The molecule has 2 rings (SSSR count). The van der Waals surface area contributed by atoms with Gasteiger partial charge in [0.05, 0.1) is 6.61 Å². The molecule has 0 atom stereocenters. The Morgan fingerprint density at radius 1 is 1.19 bits per heavy atom. The number of benzene rings is 1. The van der Waals surface area contributed by atoms with Gasteiger partial charge in [-0.05, 0) is 25.8 Å². The van der Waals surface area contributed by atoms with Gasteiger partial charge in [0.1, 0.15) is 17.4 Å². The Labute approximate surface area is 93.4 Å². The van der Waals surface area contributed by atoms with Crippen molar-refractivity contribution in [3.05, 3.63) is 29.8 Å². The number of hydrogen-bond acceptors (Lipinski definition) is 2. The third kappa shape index (κ3) is 2.70. The largest absolute Gasteiger partial charge is 0.493 e. The summed E-state index contributed by atoms with van der Waals surface area (Å²) in [6, 6.07) is 3.23. The smallest absolute Gasteiger partial charge is 0.129 e. The highest BCUT2D eigenvalue weighted by molar-refractivity contribution is 5.24. The summed E-state index contributed by atoms with van der Waals surface area (Å²) in [5.74, 6) is -0.974. The maximum atomic E-state index is 12.9. The number of hydrogen-bond donors (Lipinski definition) is 1. The normalized spacial score (nSPS) is 17.2. The van der Waals surface area contributed by atoms with Crippen molar-refractivity contribution in [1.82, 2.24) is 0 Å². The van der Waals surface area contributed by atoms with E-state index >= 15 is 0 Å². The van der Waals surface area contributed by atoms with Crippen LogP contribution in [0.3, 0.4) is 0 Å². The molecule has 16 heavy (non-hydrogen) atoms. The molecule has 0 bridgehead atoms. The third-order valence-electron chi connectivity index (χ3n) is 3.01. The summed E-state index contributed by atoms with van der Waals surface area (Å²) in [4.78, 5) is 0. The minimum atomic E-state index is -0.612. The van der Waals surface area contributed by atoms with Crippen LogP contribution in [0.1, 0.15) is 19.3 Å². The van der Waals surface area contributed by atoms with Crippen LogP contribution in [0.2, 0.25) is 0 Å². The maximum absolute atomic E-state index is 12.9. The predicted molar refractivity (Wildman–Crippen MR) is 57.2 cm³/mol. The van der Waals surface area contributed by atoms with Gasteiger partial charge in [-0.2, -0.15) is 0 Å². The van der Waals surface area contributed by atoms with Crippen molar-refractivity contribution >= 4 is 0 Å². The zero-order valence-corrected chi connectivity index (χ0v) is 9.01. The van der Waals surface area contributed by atoms with Crippen LogP contribution in [0.25, 0.3) is 0 Å². The first-order valence-corrected chi connectivity index (χ1v) is 5.43. The van der Waals surface area contributed by atoms with Crippen molar-refractivity contribution in [2.45, 2.75) is 19.3 Å². The second kappa shape index (κ2) is 4.37. The van der Waals surface area contributed by atoms with Crippen LogP contribution < -0.4 is 10.5 Å². The van der Waals surface area contributed by atoms with Crippen LogP contribution >= 0.6 is 0 Å². The number of ether oxygens (including phenoxy) is 1. The van der Waals surface area contributed by atoms with Gasteiger partial charge in [0, 0.05) is 23.6 Å². The zero-order chi connectivity index (χ0) is 11.6. The second-order valence-electron chi connectivity index (χ2n) is 4.43. The molecule has 1 aliphatic rings. The molecule has 1 aromatic rings. The molecular formula is C12H15F2NO. The van der Waals surface area contributed by atoms with E-state index in [4.69, 9.17) is 10.5 Å². The van der Waals surface area contributed by atoms with Crippen molar-refractivity contribution in [3.63, 3.8) is 0 Å². The summed E-state index contributed by atoms with van der Waals surface area (Å²) in [5, 5.41) is 0. The van der Waals surface area contributed by atoms with Crippen molar-refractivity contribution in [1.29, 1.82) is 0 Å². The predicted octanol–water partition coefficient (Wildman–Crippen LogP) is 2.47. The molecule has 0 aromatic heterocycles. The zero-order valence-electron chi connectivity index (χ0n) is 9.01. The highest BCUT2D eigenvalue weighted by atomic mass is 19.1. The van der Waals surface area contributed by atoms with E-state index in [2.05, 4.69) is 0 Å². The minimum Gasteiger partial charge on any atom is -0.493 e. The highest BCUT2D eigenvalue weighted by Crippen LogP contribution is 2.48. The molecular weight excluding hydrogens is 212 g/mol. The lowest BCUT2D eigenvalue weighted by molar-refractivity contribution is 0.225. The van der Waals surface area contributed by atoms with Crippen LogP contribution in [0.15, 0.2) is 18.2 Å². The first-order valence-electron chi connectivity index (χ1n) is 5.43. The van der Waals surface area contributed by atoms with E-state index in [0.29, 0.717) is 13.2 Å². The van der Waals surface area contributed by atoms with Gasteiger partial charge in [0.25, 0.3) is 0 Å². The van der Waals surface area contributed by atoms with Crippen molar-refractivity contribution in [2.24, 2.45) is 11.1 Å². The maximum Gasteiger partial charge on any atom is 0.129 e. The topological polar surface area (TPSA) is 35.2 Å². The van der Waals surface area contributed by atoms with E-state index in [0.717, 1.165) is 25.3 Å². The summed E-state index contributed by atoms with van der Waals surface area (Å²) in [6.07, 6.45) is 3.08. The lowest BCUT2D eigenvalue weighted by atomic mass is 10.0. The molecule has 0 amide bonds. The Morgan fingerprint density at radius 2 is 1.81 bits per heavy atom. The van der Waals surface area contributed by atoms with Crippen molar-refractivity contribution in [3.8, 4) is 5.75 Å². The van der Waals surface area contributed by atoms with E-state index in [1.54, 1.807) is 0 Å². The Hall–Kier alpha value is -1.16. The van der Waals surface area contributed by atoms with Gasteiger partial charge in [-0.15, -0.1) is 0 Å². The van der Waals surface area contributed by atoms with E-state index in [1.165, 1.54) is 12.1 Å². The summed E-state index contributed by atoms with van der Waals surface area (Å²) in [5.41, 5.74) is 5.65. The molecule has 2 N–H and O–H groups in total. The van der Waals surface area contributed by atoms with Crippen LogP contribution in [-0.4, -0.2) is 13.2 Å². The highest BCUT2D eigenvalue weighted by Gasteiger charge is 2.42. The van der Waals surface area contributed by atoms with Gasteiger partial charge in [-0.3, -0.25) is 0 Å². The quantitative estimate of drug-likeness (QED) is 0.838. The molecule has 1 aromatic carbocycles. The molecule has 0 saturated heterocycles. The SMILES string of the molecule is NCCC1(COc2cc(F)cc(F)c2)CC1. The van der Waals surface area contributed by atoms with Gasteiger partial charge < -0.3 is 10.5 Å². The lowest BCUT2D eigenvalue weighted by Gasteiger charge is -2.15. The Kier molecular flexibility index (Phi) is 3.10. The minimum absolute atomic E-state index is 0.150. The summed E-state index contributed by atoms with van der Waals surface area (Å²) in [7, 11) is 0. The molecule has 4 heteroatoms. The van der Waals surface area contributed by atoms with Crippen LogP contribution in [0.5, 0.6) is 5.75 Å². The summed E-state index contributed by atoms with van der Waals surface area (Å²) in [6.45, 7) is 1.12. The number of nitrogens with two attached hydrogens (primary N) is 1. The Bertz CT molecular complexity index is 357. The molecule has 88 valence electrons. The van der Waals surface area contributed by atoms with E-state index < -0.39 is 11.6 Å². The lowest BCUT2D eigenvalue weighted by Crippen LogP contribution is -2.17. The fourth-order valence-corrected chi connectivity index (χ4v) is 1.80. The van der Waals surface area contributed by atoms with Crippen LogP contribution in [0.4, 0.5) is 8.78 Å². The second-order valence-corrected chi connectivity index (χ2v) is 4.43. The standard InChI is InChI=1S/C12H15F2NO/c13-9-5-10(14)7-11(6-9)16-8-12(1-2-12)3-4-15/h5-7H,1-4,8,15H2. The molecule has 0 radical (unpaired) electrons. The Balaban J connectivity index is 1.94. The molecule has 1 fully saturated rings. The average molecular weight is 227 g/mol. The van der Waals surface area contributed by atoms with E-state index in [9.17, 15) is 8.78 Å². The van der Waals surface area contributed by atoms with Gasteiger partial charge in [-0.1, -0.05) is 0 Å². The van der Waals surface area contributed by atoms with Gasteiger partial charge in [0.15, 0.2) is 0 Å². The van der Waals surface area contributed by atoms with Crippen LogP contribution in [0, 0.1) is 17.0 Å². The average Bonchev–Trinajstić information content (AvgIpc) is 2.95. The molecule has 0 aliphatic heterocycles. The van der Waals surface area contributed by atoms with Crippen molar-refractivity contribution < 1.29 is 13.5 Å². The first-order chi connectivity index (χ1) is 7.63. The number of rotatable bonds is 5.